The first-order valence-corrected chi connectivity index (χ1v) is 8.24. The summed E-state index contributed by atoms with van der Waals surface area (Å²) < 4.78 is 28.5. The number of hydrogen-bond acceptors (Lipinski definition) is 4. The lowest BCUT2D eigenvalue weighted by Crippen LogP contribution is -2.28. The molecule has 0 bridgehead atoms. The van der Waals surface area contributed by atoms with Crippen molar-refractivity contribution >= 4 is 33.2 Å². The van der Waals surface area contributed by atoms with Crippen LogP contribution >= 0.6 is 23.2 Å². The number of rotatable bonds is 6. The molecule has 2 aromatic rings. The lowest BCUT2D eigenvalue weighted by Gasteiger charge is -2.11. The molecule has 0 aliphatic carbocycles. The van der Waals surface area contributed by atoms with Crippen molar-refractivity contribution in [3.8, 4) is 0 Å². The zero-order valence-corrected chi connectivity index (χ0v) is 13.2. The van der Waals surface area contributed by atoms with Gasteiger partial charge >= 0.3 is 0 Å². The van der Waals surface area contributed by atoms with Gasteiger partial charge in [-0.1, -0.05) is 23.2 Å². The molecule has 0 atom stereocenters. The summed E-state index contributed by atoms with van der Waals surface area (Å²) in [6, 6.07) is 4.44. The molecule has 1 aromatic carbocycles. The summed E-state index contributed by atoms with van der Waals surface area (Å²) in [5, 5.41) is 13.3. The zero-order valence-electron chi connectivity index (χ0n) is 10.8. The summed E-state index contributed by atoms with van der Waals surface area (Å²) in [7, 11) is -3.79. The Hall–Kier alpha value is -1.12. The quantitative estimate of drug-likeness (QED) is 0.830. The summed E-state index contributed by atoms with van der Waals surface area (Å²) in [4.78, 5) is -0.113. The van der Waals surface area contributed by atoms with Crippen molar-refractivity contribution in [2.24, 2.45) is 0 Å². The molecule has 0 spiro atoms. The van der Waals surface area contributed by atoms with Gasteiger partial charge in [-0.2, -0.15) is 5.10 Å². The molecule has 0 radical (unpaired) electrons. The van der Waals surface area contributed by atoms with E-state index in [1.54, 1.807) is 23.1 Å². The Morgan fingerprint density at radius 2 is 2.10 bits per heavy atom. The van der Waals surface area contributed by atoms with Crippen LogP contribution in [0, 0.1) is 0 Å². The molecular formula is C12H13Cl2N3O3S. The predicted octanol–water partition coefficient (Wildman–Crippen LogP) is 1.66. The highest BCUT2D eigenvalue weighted by molar-refractivity contribution is 7.89. The molecule has 0 fully saturated rings. The highest BCUT2D eigenvalue weighted by Gasteiger charge is 2.21. The van der Waals surface area contributed by atoms with Crippen LogP contribution < -0.4 is 4.72 Å². The standard InChI is InChI=1S/C12H13Cl2N3O3S/c13-10-2-3-11(12(14)9(10)8-18)21(19,20)16-5-7-17-6-1-4-15-17/h1-4,6,16,18H,5,7-8H2. The summed E-state index contributed by atoms with van der Waals surface area (Å²) in [6.07, 6.45) is 3.34. The number of sulfonamides is 1. The Labute approximate surface area is 132 Å². The molecular weight excluding hydrogens is 337 g/mol. The number of aliphatic hydroxyl groups is 1. The van der Waals surface area contributed by atoms with Crippen LogP contribution in [0.15, 0.2) is 35.5 Å². The minimum Gasteiger partial charge on any atom is -0.392 e. The number of nitrogens with zero attached hydrogens (tertiary/aromatic N) is 2. The number of aromatic nitrogens is 2. The van der Waals surface area contributed by atoms with Crippen LogP contribution in [0.5, 0.6) is 0 Å². The Morgan fingerprint density at radius 3 is 2.71 bits per heavy atom. The van der Waals surface area contributed by atoms with Gasteiger partial charge in [0.15, 0.2) is 0 Å². The van der Waals surface area contributed by atoms with Crippen molar-refractivity contribution in [3.63, 3.8) is 0 Å². The second kappa shape index (κ2) is 6.76. The van der Waals surface area contributed by atoms with E-state index in [1.165, 1.54) is 12.1 Å². The second-order valence-electron chi connectivity index (χ2n) is 4.16. The van der Waals surface area contributed by atoms with Gasteiger partial charge in [0.2, 0.25) is 10.0 Å². The molecule has 2 rings (SSSR count). The van der Waals surface area contributed by atoms with E-state index >= 15 is 0 Å². The highest BCUT2D eigenvalue weighted by atomic mass is 35.5. The maximum absolute atomic E-state index is 12.2. The van der Waals surface area contributed by atoms with E-state index < -0.39 is 16.6 Å². The summed E-state index contributed by atoms with van der Waals surface area (Å²) in [5.74, 6) is 0. The number of halogens is 2. The second-order valence-corrected chi connectivity index (χ2v) is 6.68. The van der Waals surface area contributed by atoms with Crippen LogP contribution in [0.25, 0.3) is 0 Å². The molecule has 0 unspecified atom stereocenters. The van der Waals surface area contributed by atoms with E-state index in [2.05, 4.69) is 9.82 Å². The summed E-state index contributed by atoms with van der Waals surface area (Å²) >= 11 is 11.8. The molecule has 114 valence electrons. The van der Waals surface area contributed by atoms with Gasteiger partial charge in [-0.25, -0.2) is 13.1 Å². The number of benzene rings is 1. The third-order valence-electron chi connectivity index (χ3n) is 2.79. The van der Waals surface area contributed by atoms with Crippen LogP contribution in [0.3, 0.4) is 0 Å². The highest BCUT2D eigenvalue weighted by Crippen LogP contribution is 2.30. The van der Waals surface area contributed by atoms with Gasteiger partial charge in [0.05, 0.1) is 18.2 Å². The van der Waals surface area contributed by atoms with Crippen LogP contribution in [-0.2, 0) is 23.2 Å². The van der Waals surface area contributed by atoms with Gasteiger partial charge in [0.25, 0.3) is 0 Å². The smallest absolute Gasteiger partial charge is 0.242 e. The molecule has 2 N–H and O–H groups in total. The van der Waals surface area contributed by atoms with Gasteiger partial charge in [-0.05, 0) is 18.2 Å². The monoisotopic (exact) mass is 349 g/mol. The van der Waals surface area contributed by atoms with E-state index in [-0.39, 0.29) is 27.0 Å². The van der Waals surface area contributed by atoms with Crippen molar-refractivity contribution in [1.29, 1.82) is 0 Å². The van der Waals surface area contributed by atoms with Crippen LogP contribution in [0.2, 0.25) is 10.0 Å². The predicted molar refractivity (Wildman–Crippen MR) is 79.8 cm³/mol. The Kier molecular flexibility index (Phi) is 5.23. The molecule has 0 aliphatic heterocycles. The first-order chi connectivity index (χ1) is 9.95. The zero-order chi connectivity index (χ0) is 15.5. The summed E-state index contributed by atoms with van der Waals surface area (Å²) in [6.45, 7) is 0.121. The molecule has 1 aromatic heterocycles. The molecule has 21 heavy (non-hydrogen) atoms. The van der Waals surface area contributed by atoms with Gasteiger partial charge < -0.3 is 5.11 Å². The largest absolute Gasteiger partial charge is 0.392 e. The SMILES string of the molecule is O=S(=O)(NCCn1cccn1)c1ccc(Cl)c(CO)c1Cl. The minimum absolute atomic E-state index is 0.0726. The van der Waals surface area contributed by atoms with Crippen LogP contribution in [0.1, 0.15) is 5.56 Å². The fourth-order valence-electron chi connectivity index (χ4n) is 1.73. The Morgan fingerprint density at radius 1 is 1.33 bits per heavy atom. The Bertz CT molecular complexity index is 718. The van der Waals surface area contributed by atoms with E-state index in [1.807, 2.05) is 0 Å². The van der Waals surface area contributed by atoms with E-state index in [9.17, 15) is 13.5 Å². The number of aliphatic hydroxyl groups excluding tert-OH is 1. The molecule has 9 heteroatoms. The lowest BCUT2D eigenvalue weighted by atomic mass is 10.2. The van der Waals surface area contributed by atoms with Crippen molar-refractivity contribution in [1.82, 2.24) is 14.5 Å². The fraction of sp³-hybridized carbons (Fsp3) is 0.250. The van der Waals surface area contributed by atoms with Crippen LogP contribution in [0.4, 0.5) is 0 Å². The average Bonchev–Trinajstić information content (AvgIpc) is 2.92. The van der Waals surface area contributed by atoms with Gasteiger partial charge in [-0.3, -0.25) is 4.68 Å². The first-order valence-electron chi connectivity index (χ1n) is 6.00. The summed E-state index contributed by atoms with van der Waals surface area (Å²) in [5.41, 5.74) is 0.188. The van der Waals surface area contributed by atoms with Crippen molar-refractivity contribution < 1.29 is 13.5 Å². The first kappa shape index (κ1) is 16.3. The van der Waals surface area contributed by atoms with Gasteiger partial charge in [0.1, 0.15) is 4.90 Å². The van der Waals surface area contributed by atoms with Crippen LogP contribution in [-0.4, -0.2) is 29.8 Å². The lowest BCUT2D eigenvalue weighted by molar-refractivity contribution is 0.281. The van der Waals surface area contributed by atoms with Gasteiger partial charge in [-0.15, -0.1) is 0 Å². The maximum atomic E-state index is 12.2. The molecule has 0 aliphatic rings. The molecule has 6 nitrogen and oxygen atoms in total. The van der Waals surface area contributed by atoms with Crippen molar-refractivity contribution in [3.05, 3.63) is 46.2 Å². The minimum atomic E-state index is -3.79. The van der Waals surface area contributed by atoms with E-state index in [4.69, 9.17) is 23.2 Å². The van der Waals surface area contributed by atoms with E-state index in [0.717, 1.165) is 0 Å². The maximum Gasteiger partial charge on any atom is 0.242 e. The molecule has 0 amide bonds. The molecule has 1 heterocycles. The topological polar surface area (TPSA) is 84.2 Å². The van der Waals surface area contributed by atoms with Gasteiger partial charge in [0, 0.05) is 29.5 Å². The third-order valence-corrected chi connectivity index (χ3v) is 5.19. The molecule has 0 saturated carbocycles. The average molecular weight is 350 g/mol. The fourth-order valence-corrected chi connectivity index (χ4v) is 3.65. The molecule has 0 saturated heterocycles. The van der Waals surface area contributed by atoms with Crippen molar-refractivity contribution in [2.75, 3.05) is 6.54 Å². The number of hydrogen-bond donors (Lipinski definition) is 2. The number of nitrogens with one attached hydrogen (secondary N) is 1. The third kappa shape index (κ3) is 3.75. The van der Waals surface area contributed by atoms with Crippen molar-refractivity contribution in [2.45, 2.75) is 18.0 Å². The van der Waals surface area contributed by atoms with E-state index in [0.29, 0.717) is 6.54 Å². The Balaban J connectivity index is 2.16. The normalized spacial score (nSPS) is 11.8.